The maximum absolute atomic E-state index is 14.8. The molecule has 0 aromatic carbocycles. The van der Waals surface area contributed by atoms with E-state index in [9.17, 15) is 9.59 Å². The normalized spacial score (nSPS) is 27.5. The molecule has 0 saturated heterocycles. The molecule has 1 unspecified atom stereocenters. The van der Waals surface area contributed by atoms with E-state index in [-0.39, 0.29) is 57.3 Å². The number of esters is 1. The maximum Gasteiger partial charge on any atom is 0.308 e. The van der Waals surface area contributed by atoms with Gasteiger partial charge in [0.2, 0.25) is 0 Å². The molecule has 282 valence electrons. The summed E-state index contributed by atoms with van der Waals surface area (Å²) in [5.41, 5.74) is -0.946. The lowest BCUT2D eigenvalue weighted by Crippen LogP contribution is -2.54. The average Bonchev–Trinajstić information content (AvgIpc) is 2.88. The van der Waals surface area contributed by atoms with Crippen LogP contribution in [0, 0.1) is 17.3 Å². The Bertz CT molecular complexity index is 1090. The molecule has 0 aliphatic carbocycles. The van der Waals surface area contributed by atoms with Gasteiger partial charge in [0.15, 0.2) is 25.0 Å². The zero-order chi connectivity index (χ0) is 37.9. The van der Waals surface area contributed by atoms with Crippen molar-refractivity contribution in [3.05, 3.63) is 12.2 Å². The molecule has 0 saturated carbocycles. The van der Waals surface area contributed by atoms with Gasteiger partial charge in [-0.05, 0) is 86.5 Å². The SMILES string of the molecule is CC(O[Si](C)(C)C(C)(C)C)[C@@H]1CC=CCCC[C@@H](C)[C@@H](O[Si](C)(C)C(C)(C)C)[C@@H](C)C(=O)C(C)(C)[C@H](O[Si](C)(C)C(C)(C)C)CC(=O)O1. The van der Waals surface area contributed by atoms with Crippen molar-refractivity contribution in [2.75, 3.05) is 0 Å². The zero-order valence-electron chi connectivity index (χ0n) is 35.1. The van der Waals surface area contributed by atoms with Gasteiger partial charge >= 0.3 is 5.97 Å². The van der Waals surface area contributed by atoms with Crippen LogP contribution in [0.15, 0.2) is 12.2 Å². The molecule has 48 heavy (non-hydrogen) atoms. The van der Waals surface area contributed by atoms with Gasteiger partial charge in [0.05, 0.1) is 24.7 Å². The predicted octanol–water partition coefficient (Wildman–Crippen LogP) is 11.5. The molecular weight excluding hydrogens is 649 g/mol. The van der Waals surface area contributed by atoms with Crippen LogP contribution in [0.3, 0.4) is 0 Å². The van der Waals surface area contributed by atoms with Crippen LogP contribution in [0.1, 0.15) is 129 Å². The molecule has 0 aromatic heterocycles. The summed E-state index contributed by atoms with van der Waals surface area (Å²) in [5, 5.41) is -0.0492. The van der Waals surface area contributed by atoms with Gasteiger partial charge < -0.3 is 18.0 Å². The molecule has 0 amide bonds. The molecule has 1 heterocycles. The Hall–Kier alpha value is -0.589. The first-order chi connectivity index (χ1) is 21.3. The summed E-state index contributed by atoms with van der Waals surface area (Å²) in [6.07, 6.45) is 6.31. The molecule has 0 spiro atoms. The van der Waals surface area contributed by atoms with Crippen molar-refractivity contribution in [1.29, 1.82) is 0 Å². The Balaban J connectivity index is 3.72. The third kappa shape index (κ3) is 12.0. The fraction of sp³-hybridized carbons (Fsp3) is 0.897. The molecule has 0 aromatic rings. The number of hydrogen-bond acceptors (Lipinski definition) is 6. The van der Waals surface area contributed by atoms with E-state index in [4.69, 9.17) is 18.0 Å². The second-order valence-electron chi connectivity index (χ2n) is 20.0. The van der Waals surface area contributed by atoms with Crippen LogP contribution >= 0.6 is 0 Å². The number of ketones is 1. The minimum atomic E-state index is -2.39. The summed E-state index contributed by atoms with van der Waals surface area (Å²) < 4.78 is 27.2. The van der Waals surface area contributed by atoms with Crippen molar-refractivity contribution < 1.29 is 27.6 Å². The van der Waals surface area contributed by atoms with E-state index in [1.807, 2.05) is 27.7 Å². The van der Waals surface area contributed by atoms with E-state index in [2.05, 4.69) is 121 Å². The van der Waals surface area contributed by atoms with Gasteiger partial charge in [-0.25, -0.2) is 0 Å². The molecule has 9 heteroatoms. The highest BCUT2D eigenvalue weighted by molar-refractivity contribution is 6.75. The summed E-state index contributed by atoms with van der Waals surface area (Å²) in [7, 11) is -6.68. The van der Waals surface area contributed by atoms with Crippen LogP contribution < -0.4 is 0 Å². The second kappa shape index (κ2) is 16.4. The third-order valence-electron chi connectivity index (χ3n) is 12.4. The van der Waals surface area contributed by atoms with Crippen molar-refractivity contribution in [2.24, 2.45) is 17.3 Å². The predicted molar refractivity (Wildman–Crippen MR) is 211 cm³/mol. The molecule has 0 fully saturated rings. The molecule has 6 atom stereocenters. The smallest absolute Gasteiger partial charge is 0.308 e. The number of rotatable bonds is 7. The van der Waals surface area contributed by atoms with Crippen LogP contribution in [0.2, 0.25) is 54.4 Å². The minimum absolute atomic E-state index is 0.00824. The summed E-state index contributed by atoms with van der Waals surface area (Å²) in [6.45, 7) is 43.7. The molecule has 1 aliphatic heterocycles. The number of allylic oxidation sites excluding steroid dienone is 1. The molecule has 0 bridgehead atoms. The fourth-order valence-electron chi connectivity index (χ4n) is 5.59. The Labute approximate surface area is 300 Å². The van der Waals surface area contributed by atoms with Gasteiger partial charge in [0.1, 0.15) is 11.9 Å². The van der Waals surface area contributed by atoms with Gasteiger partial charge in [0, 0.05) is 17.8 Å². The van der Waals surface area contributed by atoms with Crippen molar-refractivity contribution >= 4 is 36.7 Å². The molecule has 0 N–H and O–H groups in total. The topological polar surface area (TPSA) is 71.1 Å². The second-order valence-corrected chi connectivity index (χ2v) is 34.3. The molecule has 6 nitrogen and oxygen atoms in total. The largest absolute Gasteiger partial charge is 0.459 e. The molecule has 0 radical (unpaired) electrons. The van der Waals surface area contributed by atoms with E-state index in [1.54, 1.807) is 0 Å². The van der Waals surface area contributed by atoms with Gasteiger partial charge in [-0.2, -0.15) is 0 Å². The molecular formula is C39H78O6Si3. The summed E-state index contributed by atoms with van der Waals surface area (Å²) in [6, 6.07) is 0. The van der Waals surface area contributed by atoms with Crippen LogP contribution in [0.4, 0.5) is 0 Å². The van der Waals surface area contributed by atoms with Crippen molar-refractivity contribution in [1.82, 2.24) is 0 Å². The van der Waals surface area contributed by atoms with Gasteiger partial charge in [-0.1, -0.05) is 102 Å². The number of carbonyl (C=O) groups excluding carboxylic acids is 2. The zero-order valence-corrected chi connectivity index (χ0v) is 38.1. The number of Topliss-reactive ketones (excluding diaryl/α,β-unsaturated/α-hetero) is 1. The highest BCUT2D eigenvalue weighted by Gasteiger charge is 2.50. The monoisotopic (exact) mass is 727 g/mol. The molecule has 1 rings (SSSR count). The fourth-order valence-corrected chi connectivity index (χ4v) is 9.94. The standard InChI is InChI=1S/C39H78O6Si3/c1-28-25-23-21-22-24-26-31(30(3)43-46(15,16)36(4,5)6)42-33(40)27-32(44-47(17,18)37(7,8)9)39(13,14)35(41)29(2)34(28)45-48(19,20)38(10,11)12/h22,24,28-32,34H,21,23,25-27H2,1-20H3/t28-,29-,30?,31+,32-,34-/m1/s1. The van der Waals surface area contributed by atoms with E-state index in [0.29, 0.717) is 6.42 Å². The molecule has 1 aliphatic rings. The first-order valence-corrected chi connectivity index (χ1v) is 27.4. The van der Waals surface area contributed by atoms with Gasteiger partial charge in [0.25, 0.3) is 0 Å². The van der Waals surface area contributed by atoms with Crippen LogP contribution in [-0.4, -0.2) is 61.1 Å². The van der Waals surface area contributed by atoms with E-state index in [0.717, 1.165) is 19.3 Å². The van der Waals surface area contributed by atoms with Crippen molar-refractivity contribution in [2.45, 2.75) is 208 Å². The summed E-state index contributed by atoms with van der Waals surface area (Å²) in [4.78, 5) is 28.8. The van der Waals surface area contributed by atoms with E-state index in [1.165, 1.54) is 0 Å². The van der Waals surface area contributed by atoms with Gasteiger partial charge in [-0.15, -0.1) is 0 Å². The van der Waals surface area contributed by atoms with E-state index < -0.39 is 42.6 Å². The Morgan fingerprint density at radius 2 is 1.27 bits per heavy atom. The van der Waals surface area contributed by atoms with Gasteiger partial charge in [-0.3, -0.25) is 9.59 Å². The average molecular weight is 727 g/mol. The number of ether oxygens (including phenoxy) is 1. The van der Waals surface area contributed by atoms with Crippen LogP contribution in [0.5, 0.6) is 0 Å². The van der Waals surface area contributed by atoms with Crippen LogP contribution in [0.25, 0.3) is 0 Å². The summed E-state index contributed by atoms with van der Waals surface area (Å²) >= 11 is 0. The van der Waals surface area contributed by atoms with Crippen LogP contribution in [-0.2, 0) is 27.6 Å². The quantitative estimate of drug-likeness (QED) is 0.148. The number of carbonyl (C=O) groups is 2. The highest BCUT2D eigenvalue weighted by atomic mass is 28.4. The first kappa shape index (κ1) is 45.4. The van der Waals surface area contributed by atoms with Crippen molar-refractivity contribution in [3.8, 4) is 0 Å². The maximum atomic E-state index is 14.8. The first-order valence-electron chi connectivity index (χ1n) is 18.7. The Morgan fingerprint density at radius 3 is 1.75 bits per heavy atom. The van der Waals surface area contributed by atoms with E-state index >= 15 is 0 Å². The lowest BCUT2D eigenvalue weighted by molar-refractivity contribution is -0.158. The number of hydrogen-bond donors (Lipinski definition) is 0. The lowest BCUT2D eigenvalue weighted by atomic mass is 9.73. The summed E-state index contributed by atoms with van der Waals surface area (Å²) in [5.74, 6) is -0.413. The lowest BCUT2D eigenvalue weighted by Gasteiger charge is -2.46. The number of cyclic esters (lactones) is 1. The minimum Gasteiger partial charge on any atom is -0.459 e. The van der Waals surface area contributed by atoms with Crippen molar-refractivity contribution in [3.63, 3.8) is 0 Å². The Morgan fingerprint density at radius 1 is 0.792 bits per heavy atom. The highest BCUT2D eigenvalue weighted by Crippen LogP contribution is 2.44. The third-order valence-corrected chi connectivity index (χ3v) is 25.9. The Kier molecular flexibility index (Phi) is 15.5.